The predicted octanol–water partition coefficient (Wildman–Crippen LogP) is 3.74. The van der Waals surface area contributed by atoms with Crippen LogP contribution in [0.3, 0.4) is 0 Å². The maximum atomic E-state index is 12.7. The molecule has 42 heavy (non-hydrogen) atoms. The average Bonchev–Trinajstić information content (AvgIpc) is 3.59. The van der Waals surface area contributed by atoms with Gasteiger partial charge in [0, 0.05) is 38.3 Å². The summed E-state index contributed by atoms with van der Waals surface area (Å²) in [5, 5.41) is 14.9. The predicted molar refractivity (Wildman–Crippen MR) is 157 cm³/mol. The van der Waals surface area contributed by atoms with Gasteiger partial charge in [-0.2, -0.15) is 0 Å². The number of imidazole rings is 1. The molecular formula is C32H33N5O5. The van der Waals surface area contributed by atoms with Crippen LogP contribution < -0.4 is 10.6 Å². The molecule has 0 radical (unpaired) electrons. The van der Waals surface area contributed by atoms with Gasteiger partial charge in [-0.15, -0.1) is 0 Å². The van der Waals surface area contributed by atoms with Gasteiger partial charge in [-0.05, 0) is 34.9 Å². The highest BCUT2D eigenvalue weighted by Crippen LogP contribution is 2.44. The Morgan fingerprint density at radius 3 is 2.29 bits per heavy atom. The molecule has 1 heterocycles. The topological polar surface area (TPSA) is 126 Å². The Hall–Kier alpha value is -4.96. The van der Waals surface area contributed by atoms with Gasteiger partial charge in [-0.1, -0.05) is 78.9 Å². The number of hydrogen-bond acceptors (Lipinski definition) is 6. The molecule has 10 heteroatoms. The molecule has 0 spiro atoms. The molecule has 0 saturated heterocycles. The normalized spacial score (nSPS) is 12.8. The fourth-order valence-corrected chi connectivity index (χ4v) is 5.23. The van der Waals surface area contributed by atoms with Crippen LogP contribution in [0, 0.1) is 0 Å². The molecular weight excluding hydrogens is 534 g/mol. The molecule has 5 rings (SSSR count). The van der Waals surface area contributed by atoms with Crippen LogP contribution in [0.15, 0.2) is 91.4 Å². The standard InChI is InChI=1S/C32H33N5O5/c1-36(17-22-9-3-2-4-10-22)18-29(31(39)40)35-30(38)28-19-37(21-34-28)16-15-33-32(41)42-20-27-25-13-7-5-11-23(25)24-12-6-8-14-26(24)27/h2-14,19,21,27,29H,15-18,20H2,1H3,(H,33,41)(H,35,38)(H,39,40). The average molecular weight is 568 g/mol. The van der Waals surface area contributed by atoms with Crippen LogP contribution >= 0.6 is 0 Å². The number of ether oxygens (including phenoxy) is 1. The fourth-order valence-electron chi connectivity index (χ4n) is 5.23. The minimum absolute atomic E-state index is 0.0226. The van der Waals surface area contributed by atoms with Crippen LogP contribution in [0.5, 0.6) is 0 Å². The summed E-state index contributed by atoms with van der Waals surface area (Å²) in [6.07, 6.45) is 2.45. The highest BCUT2D eigenvalue weighted by Gasteiger charge is 2.29. The quantitative estimate of drug-likeness (QED) is 0.238. The van der Waals surface area contributed by atoms with E-state index in [2.05, 4.69) is 39.9 Å². The third kappa shape index (κ3) is 6.84. The van der Waals surface area contributed by atoms with Gasteiger partial charge in [-0.25, -0.2) is 14.6 Å². The van der Waals surface area contributed by atoms with E-state index < -0.39 is 24.0 Å². The molecule has 0 fully saturated rings. The molecule has 1 atom stereocenters. The van der Waals surface area contributed by atoms with Crippen LogP contribution in [0.1, 0.15) is 33.1 Å². The van der Waals surface area contributed by atoms with Gasteiger partial charge in [0.25, 0.3) is 5.91 Å². The zero-order valence-electron chi connectivity index (χ0n) is 23.3. The van der Waals surface area contributed by atoms with Crippen molar-refractivity contribution >= 4 is 18.0 Å². The van der Waals surface area contributed by atoms with Crippen molar-refractivity contribution in [3.05, 3.63) is 114 Å². The van der Waals surface area contributed by atoms with Crippen LogP contribution in [-0.2, 0) is 22.6 Å². The third-order valence-electron chi connectivity index (χ3n) is 7.24. The van der Waals surface area contributed by atoms with Gasteiger partial charge in [0.1, 0.15) is 18.3 Å². The molecule has 0 aliphatic heterocycles. The maximum absolute atomic E-state index is 12.7. The van der Waals surface area contributed by atoms with Crippen LogP contribution in [-0.4, -0.2) is 70.3 Å². The summed E-state index contributed by atoms with van der Waals surface area (Å²) < 4.78 is 7.21. The van der Waals surface area contributed by atoms with Crippen molar-refractivity contribution < 1.29 is 24.2 Å². The lowest BCUT2D eigenvalue weighted by Crippen LogP contribution is -2.47. The smallest absolute Gasteiger partial charge is 0.407 e. The van der Waals surface area contributed by atoms with Crippen LogP contribution in [0.2, 0.25) is 0 Å². The summed E-state index contributed by atoms with van der Waals surface area (Å²) in [5.41, 5.74) is 5.74. The Labute approximate surface area is 244 Å². The molecule has 0 saturated carbocycles. The first-order valence-electron chi connectivity index (χ1n) is 13.8. The van der Waals surface area contributed by atoms with E-state index in [1.807, 2.05) is 59.5 Å². The Morgan fingerprint density at radius 2 is 1.62 bits per heavy atom. The summed E-state index contributed by atoms with van der Waals surface area (Å²) in [6, 6.07) is 24.9. The number of likely N-dealkylation sites (N-methyl/N-ethyl adjacent to an activating group) is 1. The van der Waals surface area contributed by atoms with Gasteiger partial charge >= 0.3 is 12.1 Å². The molecule has 4 aromatic rings. The molecule has 216 valence electrons. The fraction of sp³-hybridized carbons (Fsp3) is 0.250. The molecule has 3 aromatic carbocycles. The summed E-state index contributed by atoms with van der Waals surface area (Å²) >= 11 is 0. The van der Waals surface area contributed by atoms with Gasteiger partial charge < -0.3 is 25.0 Å². The zero-order valence-corrected chi connectivity index (χ0v) is 23.3. The van der Waals surface area contributed by atoms with Crippen molar-refractivity contribution in [3.8, 4) is 11.1 Å². The largest absolute Gasteiger partial charge is 0.480 e. The molecule has 1 aliphatic carbocycles. The monoisotopic (exact) mass is 567 g/mol. The highest BCUT2D eigenvalue weighted by atomic mass is 16.5. The summed E-state index contributed by atoms with van der Waals surface area (Å²) in [7, 11) is 1.80. The molecule has 1 aliphatic rings. The summed E-state index contributed by atoms with van der Waals surface area (Å²) in [6.45, 7) is 1.51. The second-order valence-electron chi connectivity index (χ2n) is 10.3. The van der Waals surface area contributed by atoms with Crippen molar-refractivity contribution in [1.29, 1.82) is 0 Å². The van der Waals surface area contributed by atoms with Crippen molar-refractivity contribution in [2.75, 3.05) is 26.7 Å². The molecule has 1 aromatic heterocycles. The number of hydrogen-bond donors (Lipinski definition) is 3. The van der Waals surface area contributed by atoms with E-state index in [4.69, 9.17) is 4.74 Å². The molecule has 3 N–H and O–H groups in total. The third-order valence-corrected chi connectivity index (χ3v) is 7.24. The number of benzene rings is 3. The van der Waals surface area contributed by atoms with Gasteiger partial charge in [-0.3, -0.25) is 9.69 Å². The van der Waals surface area contributed by atoms with E-state index in [9.17, 15) is 19.5 Å². The Kier molecular flexibility index (Phi) is 8.93. The Balaban J connectivity index is 1.07. The first-order valence-corrected chi connectivity index (χ1v) is 13.8. The lowest BCUT2D eigenvalue weighted by Gasteiger charge is -2.22. The summed E-state index contributed by atoms with van der Waals surface area (Å²) in [5.74, 6) is -1.74. The first kappa shape index (κ1) is 28.6. The number of alkyl carbamates (subject to hydrolysis) is 1. The number of rotatable bonds is 12. The van der Waals surface area contributed by atoms with E-state index in [0.29, 0.717) is 13.1 Å². The number of carboxylic acids is 1. The SMILES string of the molecule is CN(Cc1ccccc1)CC(NC(=O)c1cn(CCNC(=O)OCC2c3ccccc3-c3ccccc32)cn1)C(=O)O. The number of amides is 2. The van der Waals surface area contributed by atoms with Gasteiger partial charge in [0.05, 0.1) is 6.33 Å². The second-order valence-corrected chi connectivity index (χ2v) is 10.3. The van der Waals surface area contributed by atoms with Gasteiger partial charge in [0.2, 0.25) is 0 Å². The van der Waals surface area contributed by atoms with Crippen LogP contribution in [0.25, 0.3) is 11.1 Å². The minimum Gasteiger partial charge on any atom is -0.480 e. The minimum atomic E-state index is -1.13. The van der Waals surface area contributed by atoms with Crippen molar-refractivity contribution in [2.24, 2.45) is 0 Å². The summed E-state index contributed by atoms with van der Waals surface area (Å²) in [4.78, 5) is 42.9. The zero-order chi connectivity index (χ0) is 29.5. The van der Waals surface area contributed by atoms with Crippen molar-refractivity contribution in [2.45, 2.75) is 25.0 Å². The van der Waals surface area contributed by atoms with E-state index in [0.717, 1.165) is 27.8 Å². The van der Waals surface area contributed by atoms with E-state index in [-0.39, 0.29) is 31.3 Å². The molecule has 1 unspecified atom stereocenters. The number of nitrogens with zero attached hydrogens (tertiary/aromatic N) is 3. The number of fused-ring (bicyclic) bond motifs is 3. The molecule has 2 amide bonds. The van der Waals surface area contributed by atoms with E-state index in [1.54, 1.807) is 11.6 Å². The van der Waals surface area contributed by atoms with Crippen molar-refractivity contribution in [1.82, 2.24) is 25.1 Å². The molecule has 0 bridgehead atoms. The first-order chi connectivity index (χ1) is 20.4. The number of nitrogens with one attached hydrogen (secondary N) is 2. The highest BCUT2D eigenvalue weighted by molar-refractivity contribution is 5.94. The maximum Gasteiger partial charge on any atom is 0.407 e. The van der Waals surface area contributed by atoms with E-state index in [1.165, 1.54) is 12.5 Å². The Bertz CT molecular complexity index is 1510. The van der Waals surface area contributed by atoms with Crippen LogP contribution in [0.4, 0.5) is 4.79 Å². The number of carboxylic acid groups (broad SMARTS) is 1. The van der Waals surface area contributed by atoms with Crippen molar-refractivity contribution in [3.63, 3.8) is 0 Å². The van der Waals surface area contributed by atoms with Gasteiger partial charge in [0.15, 0.2) is 0 Å². The number of aliphatic carboxylic acids is 1. The Morgan fingerprint density at radius 1 is 0.976 bits per heavy atom. The second kappa shape index (κ2) is 13.1. The lowest BCUT2D eigenvalue weighted by atomic mass is 9.98. The molecule has 10 nitrogen and oxygen atoms in total. The van der Waals surface area contributed by atoms with E-state index >= 15 is 0 Å². The number of carbonyl (C=O) groups is 3. The lowest BCUT2D eigenvalue weighted by molar-refractivity contribution is -0.139. The number of aromatic nitrogens is 2. The number of carbonyl (C=O) groups excluding carboxylic acids is 2.